The maximum absolute atomic E-state index is 9.31. The van der Waals surface area contributed by atoms with Gasteiger partial charge in [-0.15, -0.1) is 0 Å². The molecular formula is C17H17BrN2O. The fraction of sp³-hybridized carbons (Fsp3) is 0.294. The van der Waals surface area contributed by atoms with E-state index in [9.17, 15) is 5.26 Å². The van der Waals surface area contributed by atoms with Crippen molar-refractivity contribution in [3.8, 4) is 17.6 Å². The molecule has 21 heavy (non-hydrogen) atoms. The van der Waals surface area contributed by atoms with Gasteiger partial charge in [-0.25, -0.2) is 0 Å². The van der Waals surface area contributed by atoms with Gasteiger partial charge in [0.15, 0.2) is 0 Å². The van der Waals surface area contributed by atoms with E-state index in [-0.39, 0.29) is 0 Å². The van der Waals surface area contributed by atoms with E-state index in [1.165, 1.54) is 0 Å². The molecular weight excluding hydrogens is 328 g/mol. The van der Waals surface area contributed by atoms with Crippen LogP contribution in [0, 0.1) is 25.2 Å². The maximum atomic E-state index is 9.31. The molecule has 3 nitrogen and oxygen atoms in total. The van der Waals surface area contributed by atoms with E-state index in [1.54, 1.807) is 6.07 Å². The second-order valence-corrected chi connectivity index (χ2v) is 6.19. The third-order valence-electron chi connectivity index (χ3n) is 3.22. The van der Waals surface area contributed by atoms with Crippen LogP contribution in [-0.4, -0.2) is 4.98 Å². The van der Waals surface area contributed by atoms with Gasteiger partial charge in [-0.1, -0.05) is 29.8 Å². The monoisotopic (exact) mass is 344 g/mol. The Bertz CT molecular complexity index is 717. The summed E-state index contributed by atoms with van der Waals surface area (Å²) < 4.78 is 7.04. The predicted octanol–water partition coefficient (Wildman–Crippen LogP) is 5.25. The van der Waals surface area contributed by atoms with Crippen molar-refractivity contribution in [2.75, 3.05) is 0 Å². The molecule has 0 fully saturated rings. The van der Waals surface area contributed by atoms with Crippen LogP contribution < -0.4 is 4.74 Å². The summed E-state index contributed by atoms with van der Waals surface area (Å²) in [5.41, 5.74) is 3.11. The fourth-order valence-corrected chi connectivity index (χ4v) is 2.57. The average molecular weight is 345 g/mol. The van der Waals surface area contributed by atoms with Gasteiger partial charge in [-0.3, -0.25) is 4.98 Å². The van der Waals surface area contributed by atoms with Gasteiger partial charge in [0.25, 0.3) is 0 Å². The summed E-state index contributed by atoms with van der Waals surface area (Å²) in [6.45, 7) is 7.95. The summed E-state index contributed by atoms with van der Waals surface area (Å²) in [6, 6.07) is 9.89. The van der Waals surface area contributed by atoms with Crippen molar-refractivity contribution in [3.63, 3.8) is 0 Å². The lowest BCUT2D eigenvalue weighted by atomic mass is 10.0. The quantitative estimate of drug-likeness (QED) is 0.763. The highest BCUT2D eigenvalue weighted by Gasteiger charge is 2.14. The van der Waals surface area contributed by atoms with Crippen molar-refractivity contribution in [2.24, 2.45) is 0 Å². The summed E-state index contributed by atoms with van der Waals surface area (Å²) in [4.78, 5) is 4.31. The molecule has 0 amide bonds. The number of nitriles is 1. The number of benzene rings is 1. The molecule has 0 aliphatic carbocycles. The molecule has 0 aliphatic rings. The first-order valence-corrected chi connectivity index (χ1v) is 7.57. The molecule has 4 heteroatoms. The zero-order valence-electron chi connectivity index (χ0n) is 12.6. The lowest BCUT2D eigenvalue weighted by molar-refractivity contribution is 0.469. The molecule has 0 N–H and O–H groups in total. The van der Waals surface area contributed by atoms with Crippen molar-refractivity contribution in [2.45, 2.75) is 33.6 Å². The average Bonchev–Trinajstić information content (AvgIpc) is 2.40. The molecule has 0 bridgehead atoms. The number of pyridine rings is 1. The molecule has 0 radical (unpaired) electrons. The third kappa shape index (κ3) is 3.43. The van der Waals surface area contributed by atoms with Crippen molar-refractivity contribution >= 4 is 15.9 Å². The van der Waals surface area contributed by atoms with Gasteiger partial charge in [0, 0.05) is 16.2 Å². The van der Waals surface area contributed by atoms with Crippen LogP contribution in [0.4, 0.5) is 0 Å². The molecule has 1 heterocycles. The van der Waals surface area contributed by atoms with Gasteiger partial charge in [0.1, 0.15) is 23.1 Å². The van der Waals surface area contributed by atoms with E-state index in [4.69, 9.17) is 4.74 Å². The summed E-state index contributed by atoms with van der Waals surface area (Å²) in [7, 11) is 0. The van der Waals surface area contributed by atoms with E-state index < -0.39 is 0 Å². The van der Waals surface area contributed by atoms with E-state index in [2.05, 4.69) is 40.8 Å². The van der Waals surface area contributed by atoms with Crippen molar-refractivity contribution < 1.29 is 4.74 Å². The van der Waals surface area contributed by atoms with Gasteiger partial charge in [0.2, 0.25) is 0 Å². The Balaban J connectivity index is 2.51. The largest absolute Gasteiger partial charge is 0.456 e. The van der Waals surface area contributed by atoms with Crippen LogP contribution >= 0.6 is 15.9 Å². The maximum Gasteiger partial charge on any atom is 0.148 e. The molecule has 0 saturated carbocycles. The Morgan fingerprint density at radius 3 is 2.52 bits per heavy atom. The summed E-state index contributed by atoms with van der Waals surface area (Å²) in [5.74, 6) is 1.66. The number of hydrogen-bond donors (Lipinski definition) is 0. The minimum atomic E-state index is 0.326. The van der Waals surface area contributed by atoms with Crippen LogP contribution in [0.15, 0.2) is 28.7 Å². The zero-order chi connectivity index (χ0) is 15.6. The van der Waals surface area contributed by atoms with Crippen LogP contribution in [0.5, 0.6) is 11.5 Å². The van der Waals surface area contributed by atoms with Crippen molar-refractivity contribution in [1.82, 2.24) is 4.98 Å². The minimum absolute atomic E-state index is 0.326. The molecule has 0 spiro atoms. The van der Waals surface area contributed by atoms with Gasteiger partial charge in [-0.05, 0) is 43.5 Å². The van der Waals surface area contributed by atoms with Crippen molar-refractivity contribution in [3.05, 3.63) is 51.3 Å². The Morgan fingerprint density at radius 2 is 1.90 bits per heavy atom. The van der Waals surface area contributed by atoms with E-state index in [0.29, 0.717) is 22.9 Å². The lowest BCUT2D eigenvalue weighted by Gasteiger charge is -2.16. The highest BCUT2D eigenvalue weighted by Crippen LogP contribution is 2.34. The fourth-order valence-electron chi connectivity index (χ4n) is 2.19. The number of halogens is 1. The summed E-state index contributed by atoms with van der Waals surface area (Å²) in [5, 5.41) is 9.31. The molecule has 0 atom stereocenters. The molecule has 108 valence electrons. The Morgan fingerprint density at radius 1 is 1.19 bits per heavy atom. The molecule has 1 aromatic heterocycles. The van der Waals surface area contributed by atoms with Crippen LogP contribution in [0.2, 0.25) is 0 Å². The number of rotatable bonds is 3. The number of nitrogens with zero attached hydrogens (tertiary/aromatic N) is 2. The van der Waals surface area contributed by atoms with E-state index in [0.717, 1.165) is 21.5 Å². The van der Waals surface area contributed by atoms with Crippen molar-refractivity contribution in [1.29, 1.82) is 5.26 Å². The standard InChI is InChI=1S/C17H17BrN2O/c1-10(2)14-8-13(18)5-6-16(14)21-17-7-11(3)20-12(4)15(17)9-19/h5-8,10H,1-4H3. The lowest BCUT2D eigenvalue weighted by Crippen LogP contribution is -1.99. The summed E-state index contributed by atoms with van der Waals surface area (Å²) in [6.07, 6.45) is 0. The van der Waals surface area contributed by atoms with Crippen LogP contribution in [0.25, 0.3) is 0 Å². The highest BCUT2D eigenvalue weighted by atomic mass is 79.9. The first-order valence-electron chi connectivity index (χ1n) is 6.78. The number of aryl methyl sites for hydroxylation is 2. The normalized spacial score (nSPS) is 10.5. The second kappa shape index (κ2) is 6.28. The van der Waals surface area contributed by atoms with E-state index in [1.807, 2.05) is 32.0 Å². The van der Waals surface area contributed by atoms with Crippen LogP contribution in [0.1, 0.15) is 42.3 Å². The summed E-state index contributed by atoms with van der Waals surface area (Å²) >= 11 is 3.48. The van der Waals surface area contributed by atoms with Crippen LogP contribution in [-0.2, 0) is 0 Å². The van der Waals surface area contributed by atoms with Crippen LogP contribution in [0.3, 0.4) is 0 Å². The third-order valence-corrected chi connectivity index (χ3v) is 3.71. The Labute approximate surface area is 133 Å². The zero-order valence-corrected chi connectivity index (χ0v) is 14.2. The highest BCUT2D eigenvalue weighted by molar-refractivity contribution is 9.10. The Kier molecular flexibility index (Phi) is 4.64. The molecule has 2 aromatic rings. The molecule has 0 aliphatic heterocycles. The van der Waals surface area contributed by atoms with Gasteiger partial charge < -0.3 is 4.74 Å². The molecule has 1 aromatic carbocycles. The topological polar surface area (TPSA) is 45.9 Å². The predicted molar refractivity (Wildman–Crippen MR) is 86.7 cm³/mol. The molecule has 0 saturated heterocycles. The number of aromatic nitrogens is 1. The SMILES string of the molecule is Cc1cc(Oc2ccc(Br)cc2C(C)C)c(C#N)c(C)n1. The van der Waals surface area contributed by atoms with Gasteiger partial charge >= 0.3 is 0 Å². The second-order valence-electron chi connectivity index (χ2n) is 5.27. The smallest absolute Gasteiger partial charge is 0.148 e. The van der Waals surface area contributed by atoms with E-state index >= 15 is 0 Å². The number of ether oxygens (including phenoxy) is 1. The van der Waals surface area contributed by atoms with Gasteiger partial charge in [0.05, 0.1) is 5.69 Å². The first-order chi connectivity index (χ1) is 9.92. The minimum Gasteiger partial charge on any atom is -0.456 e. The molecule has 2 rings (SSSR count). The Hall–Kier alpha value is -1.86. The first kappa shape index (κ1) is 15.5. The van der Waals surface area contributed by atoms with Gasteiger partial charge in [-0.2, -0.15) is 5.26 Å². The molecule has 0 unspecified atom stereocenters. The number of hydrogen-bond acceptors (Lipinski definition) is 3.